The summed E-state index contributed by atoms with van der Waals surface area (Å²) in [6.07, 6.45) is 0.680. The fourth-order valence-electron chi connectivity index (χ4n) is 3.76. The van der Waals surface area contributed by atoms with Gasteiger partial charge in [0.15, 0.2) is 0 Å². The van der Waals surface area contributed by atoms with Crippen LogP contribution in [0.15, 0.2) is 72.5 Å². The average Bonchev–Trinajstić information content (AvgIpc) is 2.70. The van der Waals surface area contributed by atoms with E-state index >= 15 is 0 Å². The molecule has 0 spiro atoms. The Morgan fingerprint density at radius 3 is 2.32 bits per heavy atom. The lowest BCUT2D eigenvalue weighted by atomic mass is 9.80. The zero-order valence-corrected chi connectivity index (χ0v) is 15.3. The monoisotopic (exact) mass is 373 g/mol. The van der Waals surface area contributed by atoms with E-state index in [4.69, 9.17) is 0 Å². The molecule has 0 bridgehead atoms. The second-order valence-corrected chi connectivity index (χ2v) is 7.06. The quantitative estimate of drug-likeness (QED) is 0.470. The number of nitrogens with zero attached hydrogens (tertiary/aromatic N) is 1. The van der Waals surface area contributed by atoms with E-state index in [0.29, 0.717) is 17.6 Å². The standard InChI is InChI=1S/C23H19NO4/c1-14-11-17-12-16(15-5-3-2-4-6-15)7-9-19(17)22(23(14)26)20-10-8-18(24(27)28)13-21(20)25/h2-10,12-14,25-26H,11H2,1H3. The average molecular weight is 373 g/mol. The summed E-state index contributed by atoms with van der Waals surface area (Å²) in [6.45, 7) is 1.93. The van der Waals surface area contributed by atoms with Crippen molar-refractivity contribution >= 4 is 11.3 Å². The summed E-state index contributed by atoms with van der Waals surface area (Å²) in [5.41, 5.74) is 4.82. The molecule has 0 aliphatic heterocycles. The van der Waals surface area contributed by atoms with Gasteiger partial charge in [-0.05, 0) is 34.7 Å². The largest absolute Gasteiger partial charge is 0.511 e. The highest BCUT2D eigenvalue weighted by molar-refractivity contribution is 5.88. The zero-order chi connectivity index (χ0) is 19.8. The fraction of sp³-hybridized carbons (Fsp3) is 0.130. The van der Waals surface area contributed by atoms with Crippen molar-refractivity contribution < 1.29 is 15.1 Å². The minimum absolute atomic E-state index is 0.122. The van der Waals surface area contributed by atoms with Gasteiger partial charge in [0, 0.05) is 23.1 Å². The number of benzene rings is 3. The molecule has 5 nitrogen and oxygen atoms in total. The number of non-ortho nitro benzene ring substituents is 1. The predicted molar refractivity (Wildman–Crippen MR) is 108 cm³/mol. The van der Waals surface area contributed by atoms with Crippen LogP contribution < -0.4 is 0 Å². The van der Waals surface area contributed by atoms with Gasteiger partial charge in [0.2, 0.25) is 0 Å². The summed E-state index contributed by atoms with van der Waals surface area (Å²) in [7, 11) is 0. The van der Waals surface area contributed by atoms with Gasteiger partial charge < -0.3 is 10.2 Å². The van der Waals surface area contributed by atoms with Crippen LogP contribution in [0.4, 0.5) is 5.69 Å². The molecule has 0 saturated heterocycles. The molecular weight excluding hydrogens is 354 g/mol. The van der Waals surface area contributed by atoms with Crippen LogP contribution in [0.5, 0.6) is 5.75 Å². The number of hydrogen-bond acceptors (Lipinski definition) is 4. The van der Waals surface area contributed by atoms with Gasteiger partial charge in [-0.25, -0.2) is 0 Å². The molecule has 1 unspecified atom stereocenters. The van der Waals surface area contributed by atoms with Crippen LogP contribution in [0.2, 0.25) is 0 Å². The molecule has 1 aliphatic carbocycles. The maximum atomic E-state index is 11.0. The molecule has 4 rings (SSSR count). The number of allylic oxidation sites excluding steroid dienone is 1. The van der Waals surface area contributed by atoms with E-state index in [9.17, 15) is 20.3 Å². The topological polar surface area (TPSA) is 83.6 Å². The number of rotatable bonds is 3. The Hall–Kier alpha value is -3.60. The predicted octanol–water partition coefficient (Wildman–Crippen LogP) is 5.48. The van der Waals surface area contributed by atoms with Gasteiger partial charge in [-0.15, -0.1) is 0 Å². The van der Waals surface area contributed by atoms with Crippen molar-refractivity contribution in [3.8, 4) is 16.9 Å². The van der Waals surface area contributed by atoms with Gasteiger partial charge in [0.05, 0.1) is 11.0 Å². The first-order valence-corrected chi connectivity index (χ1v) is 9.05. The Morgan fingerprint density at radius 1 is 0.929 bits per heavy atom. The second kappa shape index (κ2) is 6.85. The van der Waals surface area contributed by atoms with Crippen LogP contribution in [0, 0.1) is 16.0 Å². The molecule has 0 amide bonds. The normalized spacial score (nSPS) is 16.0. The summed E-state index contributed by atoms with van der Waals surface area (Å²) in [6, 6.07) is 20.0. The van der Waals surface area contributed by atoms with E-state index in [1.54, 1.807) is 0 Å². The summed E-state index contributed by atoms with van der Waals surface area (Å²) >= 11 is 0. The molecule has 2 N–H and O–H groups in total. The highest BCUT2D eigenvalue weighted by Crippen LogP contribution is 2.42. The maximum Gasteiger partial charge on any atom is 0.273 e. The van der Waals surface area contributed by atoms with Crippen molar-refractivity contribution in [2.24, 2.45) is 5.92 Å². The number of aromatic hydroxyl groups is 1. The van der Waals surface area contributed by atoms with Gasteiger partial charge in [-0.2, -0.15) is 0 Å². The lowest BCUT2D eigenvalue weighted by Crippen LogP contribution is -2.14. The molecule has 0 aromatic heterocycles. The SMILES string of the molecule is CC1Cc2cc(-c3ccccc3)ccc2C(c2ccc([N+](=O)[O-])cc2O)=C1O. The summed E-state index contributed by atoms with van der Waals surface area (Å²) < 4.78 is 0. The Kier molecular flexibility index (Phi) is 4.35. The first kappa shape index (κ1) is 17.8. The molecule has 140 valence electrons. The Balaban J connectivity index is 1.85. The molecule has 5 heteroatoms. The minimum Gasteiger partial charge on any atom is -0.511 e. The third kappa shape index (κ3) is 3.01. The molecule has 1 aliphatic rings. The Labute approximate surface area is 162 Å². The minimum atomic E-state index is -0.554. The maximum absolute atomic E-state index is 11.0. The lowest BCUT2D eigenvalue weighted by molar-refractivity contribution is -0.384. The molecule has 3 aromatic carbocycles. The van der Waals surface area contributed by atoms with Crippen molar-refractivity contribution in [1.82, 2.24) is 0 Å². The molecular formula is C23H19NO4. The van der Waals surface area contributed by atoms with Crippen molar-refractivity contribution in [2.45, 2.75) is 13.3 Å². The fourth-order valence-corrected chi connectivity index (χ4v) is 3.76. The smallest absolute Gasteiger partial charge is 0.273 e. The molecule has 0 saturated carbocycles. The van der Waals surface area contributed by atoms with Gasteiger partial charge >= 0.3 is 0 Å². The van der Waals surface area contributed by atoms with E-state index in [1.165, 1.54) is 12.1 Å². The van der Waals surface area contributed by atoms with Crippen LogP contribution in [-0.4, -0.2) is 15.1 Å². The third-order valence-corrected chi connectivity index (χ3v) is 5.19. The number of aliphatic hydroxyl groups is 1. The van der Waals surface area contributed by atoms with Gasteiger partial charge in [-0.1, -0.05) is 55.5 Å². The van der Waals surface area contributed by atoms with Crippen molar-refractivity contribution in [3.05, 3.63) is 99.3 Å². The molecule has 3 aromatic rings. The van der Waals surface area contributed by atoms with Crippen LogP contribution in [0.25, 0.3) is 16.7 Å². The van der Waals surface area contributed by atoms with E-state index in [-0.39, 0.29) is 23.1 Å². The van der Waals surface area contributed by atoms with Crippen molar-refractivity contribution in [1.29, 1.82) is 0 Å². The molecule has 28 heavy (non-hydrogen) atoms. The highest BCUT2D eigenvalue weighted by atomic mass is 16.6. The third-order valence-electron chi connectivity index (χ3n) is 5.19. The number of phenolic OH excluding ortho intramolecular Hbond substituents is 1. The molecule has 0 heterocycles. The number of aliphatic hydroxyl groups excluding tert-OH is 1. The Bertz CT molecular complexity index is 1100. The van der Waals surface area contributed by atoms with Gasteiger partial charge in [-0.3, -0.25) is 10.1 Å². The number of nitro groups is 1. The molecule has 0 radical (unpaired) electrons. The number of fused-ring (bicyclic) bond motifs is 1. The van der Waals surface area contributed by atoms with E-state index in [2.05, 4.69) is 6.07 Å². The van der Waals surface area contributed by atoms with Crippen molar-refractivity contribution in [2.75, 3.05) is 0 Å². The summed E-state index contributed by atoms with van der Waals surface area (Å²) in [5, 5.41) is 32.1. The summed E-state index contributed by atoms with van der Waals surface area (Å²) in [5.74, 6) is -0.157. The van der Waals surface area contributed by atoms with E-state index in [0.717, 1.165) is 28.3 Å². The van der Waals surface area contributed by atoms with E-state index < -0.39 is 4.92 Å². The Morgan fingerprint density at radius 2 is 1.64 bits per heavy atom. The molecule has 0 fully saturated rings. The highest BCUT2D eigenvalue weighted by Gasteiger charge is 2.27. The first-order chi connectivity index (χ1) is 13.5. The number of phenols is 1. The first-order valence-electron chi connectivity index (χ1n) is 9.05. The molecule has 1 atom stereocenters. The van der Waals surface area contributed by atoms with Crippen LogP contribution in [-0.2, 0) is 6.42 Å². The van der Waals surface area contributed by atoms with Crippen molar-refractivity contribution in [3.63, 3.8) is 0 Å². The number of hydrogen-bond donors (Lipinski definition) is 2. The van der Waals surface area contributed by atoms with Crippen LogP contribution in [0.1, 0.15) is 23.6 Å². The van der Waals surface area contributed by atoms with Crippen LogP contribution >= 0.6 is 0 Å². The zero-order valence-electron chi connectivity index (χ0n) is 15.3. The second-order valence-electron chi connectivity index (χ2n) is 7.06. The van der Waals surface area contributed by atoms with Crippen LogP contribution in [0.3, 0.4) is 0 Å². The van der Waals surface area contributed by atoms with E-state index in [1.807, 2.05) is 49.4 Å². The number of nitro benzene ring substituents is 1. The lowest BCUT2D eigenvalue weighted by Gasteiger charge is -2.26. The summed E-state index contributed by atoms with van der Waals surface area (Å²) in [4.78, 5) is 10.4. The van der Waals surface area contributed by atoms with Gasteiger partial charge in [0.1, 0.15) is 11.5 Å². The van der Waals surface area contributed by atoms with Gasteiger partial charge in [0.25, 0.3) is 5.69 Å².